The van der Waals surface area contributed by atoms with Crippen LogP contribution in [0.4, 0.5) is 0 Å². The molecule has 1 aliphatic heterocycles. The van der Waals surface area contributed by atoms with E-state index in [1.807, 2.05) is 12.1 Å². The van der Waals surface area contributed by atoms with Gasteiger partial charge in [-0.05, 0) is 56.3 Å². The van der Waals surface area contributed by atoms with E-state index >= 15 is 0 Å². The van der Waals surface area contributed by atoms with Crippen LogP contribution >= 0.6 is 11.6 Å². The van der Waals surface area contributed by atoms with Crippen LogP contribution < -0.4 is 5.73 Å². The topological polar surface area (TPSA) is 29.3 Å². The van der Waals surface area contributed by atoms with Crippen LogP contribution in [0, 0.1) is 5.92 Å². The molecule has 3 heteroatoms. The summed E-state index contributed by atoms with van der Waals surface area (Å²) in [7, 11) is 0. The van der Waals surface area contributed by atoms with Crippen molar-refractivity contribution in [3.63, 3.8) is 0 Å². The molecule has 1 heterocycles. The van der Waals surface area contributed by atoms with Crippen molar-refractivity contribution >= 4 is 11.6 Å². The average Bonchev–Trinajstić information content (AvgIpc) is 2.74. The number of nitrogens with zero attached hydrogens (tertiary/aromatic N) is 1. The fraction of sp³-hybridized carbons (Fsp3) is 0.600. The van der Waals surface area contributed by atoms with Crippen LogP contribution in [0.2, 0.25) is 5.02 Å². The van der Waals surface area contributed by atoms with Crippen LogP contribution in [0.15, 0.2) is 24.3 Å². The van der Waals surface area contributed by atoms with E-state index in [9.17, 15) is 0 Å². The molecule has 1 aliphatic rings. The zero-order valence-corrected chi connectivity index (χ0v) is 11.9. The SMILES string of the molecule is CC(N)CCC1CCN(Cc2cccc(Cl)c2)C1. The molecule has 100 valence electrons. The maximum Gasteiger partial charge on any atom is 0.0409 e. The van der Waals surface area contributed by atoms with Gasteiger partial charge in [0.1, 0.15) is 0 Å². The number of benzene rings is 1. The Morgan fingerprint density at radius 3 is 3.06 bits per heavy atom. The van der Waals surface area contributed by atoms with Gasteiger partial charge >= 0.3 is 0 Å². The Morgan fingerprint density at radius 1 is 1.50 bits per heavy atom. The zero-order chi connectivity index (χ0) is 13.0. The van der Waals surface area contributed by atoms with Crippen molar-refractivity contribution in [2.45, 2.75) is 38.8 Å². The molecule has 0 amide bonds. The highest BCUT2D eigenvalue weighted by Gasteiger charge is 2.22. The molecule has 0 radical (unpaired) electrons. The van der Waals surface area contributed by atoms with Gasteiger partial charge in [0.05, 0.1) is 0 Å². The van der Waals surface area contributed by atoms with E-state index in [0.29, 0.717) is 6.04 Å². The van der Waals surface area contributed by atoms with E-state index in [1.165, 1.54) is 31.5 Å². The lowest BCUT2D eigenvalue weighted by Gasteiger charge is -2.16. The maximum atomic E-state index is 6.01. The zero-order valence-electron chi connectivity index (χ0n) is 11.1. The summed E-state index contributed by atoms with van der Waals surface area (Å²) in [4.78, 5) is 2.53. The smallest absolute Gasteiger partial charge is 0.0409 e. The van der Waals surface area contributed by atoms with Crippen LogP contribution in [0.25, 0.3) is 0 Å². The summed E-state index contributed by atoms with van der Waals surface area (Å²) in [6, 6.07) is 8.52. The Labute approximate surface area is 115 Å². The second kappa shape index (κ2) is 6.55. The van der Waals surface area contributed by atoms with Crippen LogP contribution in [0.3, 0.4) is 0 Å². The first-order chi connectivity index (χ1) is 8.63. The van der Waals surface area contributed by atoms with Crippen molar-refractivity contribution in [2.24, 2.45) is 11.7 Å². The third kappa shape index (κ3) is 4.27. The molecule has 2 unspecified atom stereocenters. The van der Waals surface area contributed by atoms with Crippen molar-refractivity contribution in [1.82, 2.24) is 4.90 Å². The monoisotopic (exact) mass is 266 g/mol. The molecule has 2 rings (SSSR count). The number of likely N-dealkylation sites (tertiary alicyclic amines) is 1. The molecule has 2 N–H and O–H groups in total. The normalized spacial score (nSPS) is 22.3. The molecule has 2 nitrogen and oxygen atoms in total. The van der Waals surface area contributed by atoms with Crippen molar-refractivity contribution < 1.29 is 0 Å². The summed E-state index contributed by atoms with van der Waals surface area (Å²) < 4.78 is 0. The van der Waals surface area contributed by atoms with Gasteiger partial charge in [0, 0.05) is 24.2 Å². The Bertz CT molecular complexity index is 379. The van der Waals surface area contributed by atoms with Gasteiger partial charge < -0.3 is 5.73 Å². The van der Waals surface area contributed by atoms with Gasteiger partial charge in [-0.2, -0.15) is 0 Å². The van der Waals surface area contributed by atoms with Gasteiger partial charge in [-0.25, -0.2) is 0 Å². The summed E-state index contributed by atoms with van der Waals surface area (Å²) in [6.07, 6.45) is 3.73. The van der Waals surface area contributed by atoms with E-state index < -0.39 is 0 Å². The first-order valence-electron chi connectivity index (χ1n) is 6.86. The highest BCUT2D eigenvalue weighted by Crippen LogP contribution is 2.23. The highest BCUT2D eigenvalue weighted by molar-refractivity contribution is 6.30. The summed E-state index contributed by atoms with van der Waals surface area (Å²) >= 11 is 6.01. The van der Waals surface area contributed by atoms with Crippen molar-refractivity contribution in [3.8, 4) is 0 Å². The molecule has 0 saturated carbocycles. The summed E-state index contributed by atoms with van der Waals surface area (Å²) in [5.41, 5.74) is 7.13. The van der Waals surface area contributed by atoms with E-state index in [0.717, 1.165) is 23.9 Å². The number of rotatable bonds is 5. The van der Waals surface area contributed by atoms with Crippen LogP contribution in [0.1, 0.15) is 31.7 Å². The molecule has 18 heavy (non-hydrogen) atoms. The minimum absolute atomic E-state index is 0.340. The predicted octanol–water partition coefficient (Wildman–Crippen LogP) is 3.29. The predicted molar refractivity (Wildman–Crippen MR) is 77.7 cm³/mol. The molecular formula is C15H23ClN2. The number of hydrogen-bond acceptors (Lipinski definition) is 2. The van der Waals surface area contributed by atoms with Crippen LogP contribution in [0.5, 0.6) is 0 Å². The van der Waals surface area contributed by atoms with Crippen LogP contribution in [-0.4, -0.2) is 24.0 Å². The molecule has 1 fully saturated rings. The third-order valence-corrected chi connectivity index (χ3v) is 3.93. The first-order valence-corrected chi connectivity index (χ1v) is 7.23. The molecule has 2 atom stereocenters. The Morgan fingerprint density at radius 2 is 2.33 bits per heavy atom. The second-order valence-electron chi connectivity index (χ2n) is 5.57. The second-order valence-corrected chi connectivity index (χ2v) is 6.01. The Hall–Kier alpha value is -0.570. The number of halogens is 1. The molecule has 1 aromatic carbocycles. The molecule has 0 bridgehead atoms. The molecule has 0 aliphatic carbocycles. The lowest BCUT2D eigenvalue weighted by Crippen LogP contribution is -2.21. The van der Waals surface area contributed by atoms with E-state index in [1.54, 1.807) is 0 Å². The summed E-state index contributed by atoms with van der Waals surface area (Å²) in [6.45, 7) is 5.53. The van der Waals surface area contributed by atoms with Crippen molar-refractivity contribution in [2.75, 3.05) is 13.1 Å². The van der Waals surface area contributed by atoms with Gasteiger partial charge in [-0.3, -0.25) is 4.90 Å². The third-order valence-electron chi connectivity index (χ3n) is 3.70. The quantitative estimate of drug-likeness (QED) is 0.886. The molecule has 0 aromatic heterocycles. The molecule has 1 aromatic rings. The van der Waals surface area contributed by atoms with Gasteiger partial charge in [-0.1, -0.05) is 23.7 Å². The van der Waals surface area contributed by atoms with Gasteiger partial charge in [0.2, 0.25) is 0 Å². The largest absolute Gasteiger partial charge is 0.328 e. The standard InChI is InChI=1S/C15H23ClN2/c1-12(17)5-6-13-7-8-18(10-13)11-14-3-2-4-15(16)9-14/h2-4,9,12-13H,5-8,10-11,17H2,1H3. The van der Waals surface area contributed by atoms with Gasteiger partial charge in [0.25, 0.3) is 0 Å². The average molecular weight is 267 g/mol. The summed E-state index contributed by atoms with van der Waals surface area (Å²) in [5.74, 6) is 0.829. The van der Waals surface area contributed by atoms with Gasteiger partial charge in [0.15, 0.2) is 0 Å². The fourth-order valence-electron chi connectivity index (χ4n) is 2.68. The van der Waals surface area contributed by atoms with E-state index in [4.69, 9.17) is 17.3 Å². The van der Waals surface area contributed by atoms with E-state index in [2.05, 4.69) is 24.0 Å². The summed E-state index contributed by atoms with van der Waals surface area (Å²) in [5, 5.41) is 0.834. The molecule has 1 saturated heterocycles. The Kier molecular flexibility index (Phi) is 5.04. The minimum Gasteiger partial charge on any atom is -0.328 e. The molecule has 0 spiro atoms. The van der Waals surface area contributed by atoms with Crippen molar-refractivity contribution in [1.29, 1.82) is 0 Å². The maximum absolute atomic E-state index is 6.01. The lowest BCUT2D eigenvalue weighted by molar-refractivity contribution is 0.311. The fourth-order valence-corrected chi connectivity index (χ4v) is 2.90. The number of hydrogen-bond donors (Lipinski definition) is 1. The minimum atomic E-state index is 0.340. The van der Waals surface area contributed by atoms with Crippen molar-refractivity contribution in [3.05, 3.63) is 34.9 Å². The van der Waals surface area contributed by atoms with E-state index in [-0.39, 0.29) is 0 Å². The lowest BCUT2D eigenvalue weighted by atomic mass is 10.0. The molecular weight excluding hydrogens is 244 g/mol. The Balaban J connectivity index is 1.79. The van der Waals surface area contributed by atoms with Gasteiger partial charge in [-0.15, -0.1) is 0 Å². The van der Waals surface area contributed by atoms with Crippen LogP contribution in [-0.2, 0) is 6.54 Å². The highest BCUT2D eigenvalue weighted by atomic mass is 35.5. The number of nitrogens with two attached hydrogens (primary N) is 1. The first kappa shape index (κ1) is 13.9.